The monoisotopic (exact) mass is 237 g/mol. The molecule has 0 N–H and O–H groups in total. The summed E-state index contributed by atoms with van der Waals surface area (Å²) >= 11 is 0. The van der Waals surface area contributed by atoms with Crippen LogP contribution in [0.2, 0.25) is 0 Å². The van der Waals surface area contributed by atoms with Gasteiger partial charge in [0.25, 0.3) is 0 Å². The van der Waals surface area contributed by atoms with Gasteiger partial charge in [0.15, 0.2) is 0 Å². The van der Waals surface area contributed by atoms with Crippen LogP contribution in [0.5, 0.6) is 5.75 Å². The largest absolute Gasteiger partial charge is 0.493 e. The molecule has 4 nitrogen and oxygen atoms in total. The molecule has 94 valence electrons. The van der Waals surface area contributed by atoms with Crippen LogP contribution in [0.3, 0.4) is 0 Å². The second kappa shape index (κ2) is 6.25. The lowest BCUT2D eigenvalue weighted by atomic mass is 10.1. The van der Waals surface area contributed by atoms with Crippen LogP contribution >= 0.6 is 0 Å². The van der Waals surface area contributed by atoms with Gasteiger partial charge in [0.05, 0.1) is 20.1 Å². The quantitative estimate of drug-likeness (QED) is 0.736. The number of carbonyl (C=O) groups excluding carboxylic acids is 1. The molecule has 0 saturated carbocycles. The number of aryl methyl sites for hydroxylation is 2. The Kier molecular flexibility index (Phi) is 4.97. The van der Waals surface area contributed by atoms with Crippen molar-refractivity contribution in [1.82, 2.24) is 5.06 Å². The summed E-state index contributed by atoms with van der Waals surface area (Å²) in [4.78, 5) is 16.2. The van der Waals surface area contributed by atoms with Crippen molar-refractivity contribution in [2.24, 2.45) is 0 Å². The van der Waals surface area contributed by atoms with Gasteiger partial charge in [-0.25, -0.2) is 5.06 Å². The summed E-state index contributed by atoms with van der Waals surface area (Å²) in [6.07, 6.45) is 0.304. The number of carbonyl (C=O) groups is 1. The lowest BCUT2D eigenvalue weighted by Crippen LogP contribution is -2.26. The minimum atomic E-state index is -0.0984. The van der Waals surface area contributed by atoms with Gasteiger partial charge in [-0.15, -0.1) is 0 Å². The molecule has 1 amide bonds. The number of hydrogen-bond acceptors (Lipinski definition) is 3. The van der Waals surface area contributed by atoms with E-state index in [4.69, 9.17) is 9.57 Å². The van der Waals surface area contributed by atoms with Gasteiger partial charge in [-0.05, 0) is 25.0 Å². The standard InChI is InChI=1S/C13H19NO3/c1-10-6-5-7-11(2)13(10)17-9-8-12(15)14(3)16-4/h5-7H,8-9H2,1-4H3. The zero-order chi connectivity index (χ0) is 12.8. The van der Waals surface area contributed by atoms with Crippen LogP contribution in [0.4, 0.5) is 0 Å². The Labute approximate surface area is 102 Å². The molecule has 0 spiro atoms. The second-order valence-corrected chi connectivity index (χ2v) is 3.89. The first kappa shape index (κ1) is 13.5. The Hall–Kier alpha value is -1.55. The number of para-hydroxylation sites is 1. The van der Waals surface area contributed by atoms with Gasteiger partial charge in [-0.1, -0.05) is 18.2 Å². The summed E-state index contributed by atoms with van der Waals surface area (Å²) in [6, 6.07) is 5.97. The highest BCUT2D eigenvalue weighted by molar-refractivity contribution is 5.74. The van der Waals surface area contributed by atoms with Crippen LogP contribution in [0.25, 0.3) is 0 Å². The van der Waals surface area contributed by atoms with E-state index < -0.39 is 0 Å². The average Bonchev–Trinajstić information content (AvgIpc) is 2.31. The van der Waals surface area contributed by atoms with Crippen molar-refractivity contribution in [1.29, 1.82) is 0 Å². The van der Waals surface area contributed by atoms with E-state index in [0.29, 0.717) is 13.0 Å². The van der Waals surface area contributed by atoms with Crippen molar-refractivity contribution in [2.45, 2.75) is 20.3 Å². The molecule has 4 heteroatoms. The van der Waals surface area contributed by atoms with Gasteiger partial charge in [0.2, 0.25) is 5.91 Å². The van der Waals surface area contributed by atoms with E-state index in [2.05, 4.69) is 0 Å². The van der Waals surface area contributed by atoms with Gasteiger partial charge in [0, 0.05) is 7.05 Å². The van der Waals surface area contributed by atoms with Crippen LogP contribution in [-0.2, 0) is 9.63 Å². The van der Waals surface area contributed by atoms with E-state index in [0.717, 1.165) is 16.9 Å². The molecule has 0 radical (unpaired) electrons. The van der Waals surface area contributed by atoms with Crippen LogP contribution in [0.1, 0.15) is 17.5 Å². The van der Waals surface area contributed by atoms with Crippen molar-refractivity contribution in [3.05, 3.63) is 29.3 Å². The maximum absolute atomic E-state index is 11.5. The molecule has 1 aromatic carbocycles. The molecule has 0 aliphatic heterocycles. The van der Waals surface area contributed by atoms with Gasteiger partial charge < -0.3 is 4.74 Å². The first-order valence-electron chi connectivity index (χ1n) is 5.56. The summed E-state index contributed by atoms with van der Waals surface area (Å²) in [6.45, 7) is 4.34. The maximum atomic E-state index is 11.5. The molecule has 0 saturated heterocycles. The third-order valence-electron chi connectivity index (χ3n) is 2.60. The number of hydroxylamine groups is 2. The van der Waals surface area contributed by atoms with Crippen LogP contribution in [-0.4, -0.2) is 31.7 Å². The van der Waals surface area contributed by atoms with Crippen molar-refractivity contribution in [3.8, 4) is 5.75 Å². The van der Waals surface area contributed by atoms with Crippen molar-refractivity contribution in [3.63, 3.8) is 0 Å². The second-order valence-electron chi connectivity index (χ2n) is 3.89. The van der Waals surface area contributed by atoms with E-state index in [-0.39, 0.29) is 5.91 Å². The average molecular weight is 237 g/mol. The molecule has 0 bridgehead atoms. The Balaban J connectivity index is 2.49. The normalized spacial score (nSPS) is 10.1. The number of nitrogens with zero attached hydrogens (tertiary/aromatic N) is 1. The van der Waals surface area contributed by atoms with Crippen LogP contribution in [0.15, 0.2) is 18.2 Å². The number of rotatable bonds is 5. The fourth-order valence-corrected chi connectivity index (χ4v) is 1.53. The summed E-state index contributed by atoms with van der Waals surface area (Å²) in [7, 11) is 3.05. The Morgan fingerprint density at radius 3 is 2.41 bits per heavy atom. The highest BCUT2D eigenvalue weighted by Gasteiger charge is 2.09. The molecule has 17 heavy (non-hydrogen) atoms. The Morgan fingerprint density at radius 1 is 1.29 bits per heavy atom. The zero-order valence-electron chi connectivity index (χ0n) is 10.8. The van der Waals surface area contributed by atoms with Crippen LogP contribution < -0.4 is 4.74 Å². The molecule has 0 unspecified atom stereocenters. The first-order chi connectivity index (χ1) is 8.06. The van der Waals surface area contributed by atoms with Gasteiger partial charge in [-0.3, -0.25) is 9.63 Å². The summed E-state index contributed by atoms with van der Waals surface area (Å²) in [5.74, 6) is 0.763. The molecule has 0 fully saturated rings. The number of hydrogen-bond donors (Lipinski definition) is 0. The van der Waals surface area contributed by atoms with Gasteiger partial charge >= 0.3 is 0 Å². The summed E-state index contributed by atoms with van der Waals surface area (Å²) in [5, 5.41) is 1.20. The minimum Gasteiger partial charge on any atom is -0.493 e. The fourth-order valence-electron chi connectivity index (χ4n) is 1.53. The Morgan fingerprint density at radius 2 is 1.88 bits per heavy atom. The smallest absolute Gasteiger partial charge is 0.249 e. The zero-order valence-corrected chi connectivity index (χ0v) is 10.8. The van der Waals surface area contributed by atoms with Crippen molar-refractivity contribution in [2.75, 3.05) is 20.8 Å². The summed E-state index contributed by atoms with van der Waals surface area (Å²) < 4.78 is 5.63. The van der Waals surface area contributed by atoms with E-state index in [1.165, 1.54) is 12.2 Å². The highest BCUT2D eigenvalue weighted by Crippen LogP contribution is 2.22. The molecule has 0 aromatic heterocycles. The molecular weight excluding hydrogens is 218 g/mol. The molecule has 0 aliphatic carbocycles. The molecule has 0 aliphatic rings. The number of amides is 1. The first-order valence-corrected chi connectivity index (χ1v) is 5.56. The predicted molar refractivity (Wildman–Crippen MR) is 65.8 cm³/mol. The van der Waals surface area contributed by atoms with E-state index >= 15 is 0 Å². The van der Waals surface area contributed by atoms with Gasteiger partial charge in [-0.2, -0.15) is 0 Å². The predicted octanol–water partition coefficient (Wildman–Crippen LogP) is 2.09. The fraction of sp³-hybridized carbons (Fsp3) is 0.462. The Bertz CT molecular complexity index is 370. The number of ether oxygens (including phenoxy) is 1. The van der Waals surface area contributed by atoms with Crippen molar-refractivity contribution >= 4 is 5.91 Å². The van der Waals surface area contributed by atoms with E-state index in [1.54, 1.807) is 7.05 Å². The van der Waals surface area contributed by atoms with E-state index in [9.17, 15) is 4.79 Å². The number of benzene rings is 1. The SMILES string of the molecule is CON(C)C(=O)CCOc1c(C)cccc1C. The van der Waals surface area contributed by atoms with Gasteiger partial charge in [0.1, 0.15) is 5.75 Å². The molecule has 0 heterocycles. The topological polar surface area (TPSA) is 38.8 Å². The molecule has 1 aromatic rings. The van der Waals surface area contributed by atoms with Crippen molar-refractivity contribution < 1.29 is 14.4 Å². The van der Waals surface area contributed by atoms with Crippen LogP contribution in [0, 0.1) is 13.8 Å². The molecular formula is C13H19NO3. The lowest BCUT2D eigenvalue weighted by Gasteiger charge is -2.15. The molecule has 1 rings (SSSR count). The van der Waals surface area contributed by atoms with E-state index in [1.807, 2.05) is 32.0 Å². The highest BCUT2D eigenvalue weighted by atomic mass is 16.7. The third kappa shape index (κ3) is 3.75. The summed E-state index contributed by atoms with van der Waals surface area (Å²) in [5.41, 5.74) is 2.16. The third-order valence-corrected chi connectivity index (χ3v) is 2.60. The lowest BCUT2D eigenvalue weighted by molar-refractivity contribution is -0.169. The maximum Gasteiger partial charge on any atom is 0.249 e. The molecule has 0 atom stereocenters. The minimum absolute atomic E-state index is 0.0984.